The first-order valence-electron chi connectivity index (χ1n) is 12.9. The fraction of sp³-hybridized carbons (Fsp3) is 0.679. The third-order valence-electron chi connectivity index (χ3n) is 5.91. The highest BCUT2D eigenvalue weighted by Crippen LogP contribution is 2.32. The first-order chi connectivity index (χ1) is 16.5. The Balaban J connectivity index is 3.59. The number of carbonyl (C=O) groups excluding carboxylic acids is 3. The van der Waals surface area contributed by atoms with Crippen LogP contribution in [0.15, 0.2) is 24.3 Å². The van der Waals surface area contributed by atoms with Crippen molar-refractivity contribution >= 4 is 17.9 Å². The van der Waals surface area contributed by atoms with Crippen molar-refractivity contribution in [3.8, 4) is 5.75 Å². The van der Waals surface area contributed by atoms with Gasteiger partial charge in [0.15, 0.2) is 0 Å². The molecule has 3 N–H and O–H groups in total. The van der Waals surface area contributed by atoms with Gasteiger partial charge in [-0.2, -0.15) is 0 Å². The Labute approximate surface area is 217 Å². The Kier molecular flexibility index (Phi) is 11.3. The monoisotopic (exact) mass is 505 g/mol. The largest absolute Gasteiger partial charge is 0.508 e. The molecule has 4 atom stereocenters. The number of alkyl carbamates (subject to hydrolysis) is 1. The van der Waals surface area contributed by atoms with E-state index in [9.17, 15) is 19.5 Å². The van der Waals surface area contributed by atoms with E-state index in [4.69, 9.17) is 4.74 Å². The predicted molar refractivity (Wildman–Crippen MR) is 143 cm³/mol. The van der Waals surface area contributed by atoms with Gasteiger partial charge in [0.05, 0.1) is 0 Å². The van der Waals surface area contributed by atoms with Gasteiger partial charge in [0.1, 0.15) is 23.4 Å². The second kappa shape index (κ2) is 13.0. The molecule has 1 rings (SSSR count). The minimum absolute atomic E-state index is 0.00132. The van der Waals surface area contributed by atoms with Gasteiger partial charge >= 0.3 is 6.09 Å². The van der Waals surface area contributed by atoms with Crippen LogP contribution in [0.4, 0.5) is 4.79 Å². The predicted octanol–water partition coefficient (Wildman–Crippen LogP) is 5.30. The molecule has 0 radical (unpaired) electrons. The average Bonchev–Trinajstić information content (AvgIpc) is 2.72. The molecule has 0 fully saturated rings. The molecule has 0 saturated heterocycles. The number of nitrogens with zero attached hydrogens (tertiary/aromatic N) is 1. The molecule has 0 spiro atoms. The Morgan fingerprint density at radius 3 is 2.11 bits per heavy atom. The minimum atomic E-state index is -1.02. The summed E-state index contributed by atoms with van der Waals surface area (Å²) in [6.07, 6.45) is 1.62. The number of nitrogens with one attached hydrogen (secondary N) is 2. The number of hydrogen-bond acceptors (Lipinski definition) is 5. The van der Waals surface area contributed by atoms with Crippen molar-refractivity contribution in [3.63, 3.8) is 0 Å². The van der Waals surface area contributed by atoms with Crippen molar-refractivity contribution in [1.82, 2.24) is 15.5 Å². The summed E-state index contributed by atoms with van der Waals surface area (Å²) in [5.41, 5.74) is -1.03. The van der Waals surface area contributed by atoms with Crippen molar-refractivity contribution in [2.75, 3.05) is 0 Å². The van der Waals surface area contributed by atoms with Crippen LogP contribution >= 0.6 is 0 Å². The van der Waals surface area contributed by atoms with Crippen LogP contribution in [0.1, 0.15) is 100 Å². The van der Waals surface area contributed by atoms with Crippen LogP contribution in [0.5, 0.6) is 5.75 Å². The molecule has 0 heterocycles. The van der Waals surface area contributed by atoms with Crippen LogP contribution in [-0.2, 0) is 14.3 Å². The van der Waals surface area contributed by atoms with Gasteiger partial charge < -0.3 is 25.4 Å². The number of carbonyl (C=O) groups is 3. The molecule has 204 valence electrons. The van der Waals surface area contributed by atoms with Crippen LogP contribution in [-0.4, -0.2) is 51.1 Å². The van der Waals surface area contributed by atoms with Crippen LogP contribution in [0.3, 0.4) is 0 Å². The van der Waals surface area contributed by atoms with Gasteiger partial charge in [-0.25, -0.2) is 4.79 Å². The lowest BCUT2D eigenvalue weighted by Gasteiger charge is -2.44. The van der Waals surface area contributed by atoms with E-state index >= 15 is 0 Å². The number of aromatic hydroxyl groups is 1. The number of benzene rings is 1. The lowest BCUT2D eigenvalue weighted by molar-refractivity contribution is -0.149. The number of rotatable bonds is 10. The van der Waals surface area contributed by atoms with Crippen LogP contribution in [0.2, 0.25) is 0 Å². The van der Waals surface area contributed by atoms with E-state index in [1.807, 2.05) is 48.5 Å². The summed E-state index contributed by atoms with van der Waals surface area (Å²) in [5, 5.41) is 16.0. The summed E-state index contributed by atoms with van der Waals surface area (Å²) in [6.45, 7) is 18.6. The van der Waals surface area contributed by atoms with Gasteiger partial charge in [0, 0.05) is 11.6 Å². The van der Waals surface area contributed by atoms with Gasteiger partial charge in [-0.1, -0.05) is 45.7 Å². The van der Waals surface area contributed by atoms with E-state index in [0.717, 1.165) is 12.8 Å². The first-order valence-corrected chi connectivity index (χ1v) is 12.9. The second-order valence-electron chi connectivity index (χ2n) is 11.6. The number of phenolic OH excluding ortho intramolecular Hbond substituents is 1. The fourth-order valence-electron chi connectivity index (χ4n) is 4.05. The number of ether oxygens (including phenoxy) is 1. The molecular weight excluding hydrogens is 458 g/mol. The first kappa shape index (κ1) is 31.3. The molecule has 0 aliphatic carbocycles. The van der Waals surface area contributed by atoms with Crippen LogP contribution < -0.4 is 10.6 Å². The molecule has 0 aliphatic heterocycles. The maximum Gasteiger partial charge on any atom is 0.408 e. The molecule has 8 heteroatoms. The molecule has 0 aromatic heterocycles. The van der Waals surface area contributed by atoms with Gasteiger partial charge in [-0.3, -0.25) is 9.59 Å². The maximum absolute atomic E-state index is 14.2. The van der Waals surface area contributed by atoms with Crippen molar-refractivity contribution in [1.29, 1.82) is 0 Å². The third-order valence-corrected chi connectivity index (χ3v) is 5.91. The van der Waals surface area contributed by atoms with E-state index in [1.54, 1.807) is 32.9 Å². The third kappa shape index (κ3) is 9.36. The summed E-state index contributed by atoms with van der Waals surface area (Å²) < 4.78 is 5.43. The molecule has 4 unspecified atom stereocenters. The normalized spacial score (nSPS) is 15.3. The molecular formula is C28H47N3O5. The SMILES string of the molecule is CCCC(C)NC(=O)C(c1cccc(O)c1)N(C(=O)C(NC(=O)OC(C)(C)C)C(C)CC)C(C)(C)C. The van der Waals surface area contributed by atoms with Gasteiger partial charge in [-0.15, -0.1) is 0 Å². The zero-order valence-corrected chi connectivity index (χ0v) is 23.8. The van der Waals surface area contributed by atoms with Gasteiger partial charge in [0.25, 0.3) is 0 Å². The van der Waals surface area contributed by atoms with Crippen molar-refractivity contribution in [3.05, 3.63) is 29.8 Å². The molecule has 3 amide bonds. The van der Waals surface area contributed by atoms with Crippen LogP contribution in [0.25, 0.3) is 0 Å². The molecule has 0 saturated carbocycles. The van der Waals surface area contributed by atoms with Crippen LogP contribution in [0, 0.1) is 5.92 Å². The van der Waals surface area contributed by atoms with E-state index < -0.39 is 35.2 Å². The van der Waals surface area contributed by atoms with E-state index in [-0.39, 0.29) is 23.6 Å². The van der Waals surface area contributed by atoms with Crippen molar-refractivity contribution in [2.45, 2.75) is 118 Å². The topological polar surface area (TPSA) is 108 Å². The smallest absolute Gasteiger partial charge is 0.408 e. The Hall–Kier alpha value is -2.77. The maximum atomic E-state index is 14.2. The fourth-order valence-corrected chi connectivity index (χ4v) is 4.05. The lowest BCUT2D eigenvalue weighted by Crippen LogP contribution is -2.60. The zero-order chi connectivity index (χ0) is 27.8. The van der Waals surface area contributed by atoms with Gasteiger partial charge in [0.2, 0.25) is 11.8 Å². The highest BCUT2D eigenvalue weighted by molar-refractivity contribution is 5.93. The molecule has 0 aliphatic rings. The Morgan fingerprint density at radius 2 is 1.64 bits per heavy atom. The summed E-state index contributed by atoms with van der Waals surface area (Å²) in [7, 11) is 0. The molecule has 0 bridgehead atoms. The molecule has 8 nitrogen and oxygen atoms in total. The second-order valence-corrected chi connectivity index (χ2v) is 11.6. The summed E-state index contributed by atoms with van der Waals surface area (Å²) in [6, 6.07) is 4.37. The molecule has 36 heavy (non-hydrogen) atoms. The number of phenols is 1. The average molecular weight is 506 g/mol. The summed E-state index contributed by atoms with van der Waals surface area (Å²) >= 11 is 0. The number of amides is 3. The Morgan fingerprint density at radius 1 is 1.03 bits per heavy atom. The van der Waals surface area contributed by atoms with Crippen molar-refractivity contribution in [2.24, 2.45) is 5.92 Å². The minimum Gasteiger partial charge on any atom is -0.508 e. The Bertz CT molecular complexity index is 888. The van der Waals surface area contributed by atoms with Gasteiger partial charge in [-0.05, 0) is 78.5 Å². The lowest BCUT2D eigenvalue weighted by atomic mass is 9.91. The standard InChI is InChI=1S/C28H47N3O5/c1-11-14-19(4)29-24(33)23(20-15-13-16-21(32)17-20)31(27(5,6)7)25(34)22(18(3)12-2)30-26(35)36-28(8,9)10/h13,15-19,22-23,32H,11-12,14H2,1-10H3,(H,29,33)(H,30,35). The molecule has 1 aromatic rings. The quantitative estimate of drug-likeness (QED) is 0.400. The summed E-state index contributed by atoms with van der Waals surface area (Å²) in [5.74, 6) is -0.959. The highest BCUT2D eigenvalue weighted by Gasteiger charge is 2.43. The zero-order valence-electron chi connectivity index (χ0n) is 23.8. The highest BCUT2D eigenvalue weighted by atomic mass is 16.6. The summed E-state index contributed by atoms with van der Waals surface area (Å²) in [4.78, 5) is 42.1. The van der Waals surface area contributed by atoms with Crippen molar-refractivity contribution < 1.29 is 24.2 Å². The van der Waals surface area contributed by atoms with E-state index in [2.05, 4.69) is 10.6 Å². The van der Waals surface area contributed by atoms with E-state index in [0.29, 0.717) is 12.0 Å². The van der Waals surface area contributed by atoms with E-state index in [1.165, 1.54) is 17.0 Å². The number of hydrogen-bond donors (Lipinski definition) is 3. The molecule has 1 aromatic carbocycles.